The zero-order valence-corrected chi connectivity index (χ0v) is 8.65. The summed E-state index contributed by atoms with van der Waals surface area (Å²) in [7, 11) is 0. The van der Waals surface area contributed by atoms with Gasteiger partial charge in [-0.15, -0.1) is 11.3 Å². The second-order valence-corrected chi connectivity index (χ2v) is 4.62. The van der Waals surface area contributed by atoms with Gasteiger partial charge in [-0.1, -0.05) is 19.3 Å². The van der Waals surface area contributed by atoms with Gasteiger partial charge in [-0.25, -0.2) is 4.98 Å². The summed E-state index contributed by atoms with van der Waals surface area (Å²) in [6.45, 7) is 0.961. The van der Waals surface area contributed by atoms with Crippen LogP contribution in [-0.2, 0) is 6.54 Å². The van der Waals surface area contributed by atoms with E-state index >= 15 is 0 Å². The molecule has 3 heteroatoms. The largest absolute Gasteiger partial charge is 0.308 e. The number of nitrogens with zero attached hydrogens (tertiary/aromatic N) is 1. The fourth-order valence-electron chi connectivity index (χ4n) is 1.88. The first-order chi connectivity index (χ1) is 6.45. The molecule has 0 aromatic carbocycles. The van der Waals surface area contributed by atoms with Crippen LogP contribution < -0.4 is 5.32 Å². The lowest BCUT2D eigenvalue weighted by molar-refractivity contribution is 0.372. The third kappa shape index (κ3) is 2.78. The molecule has 0 radical (unpaired) electrons. The first kappa shape index (κ1) is 9.16. The molecule has 0 aliphatic heterocycles. The molecule has 72 valence electrons. The third-order valence-electron chi connectivity index (χ3n) is 2.63. The predicted octanol–water partition coefficient (Wildman–Crippen LogP) is 2.57. The molecule has 13 heavy (non-hydrogen) atoms. The zero-order valence-electron chi connectivity index (χ0n) is 7.83. The maximum atomic E-state index is 4.26. The number of rotatable bonds is 3. The molecule has 0 spiro atoms. The minimum absolute atomic E-state index is 0.748. The van der Waals surface area contributed by atoms with E-state index in [-0.39, 0.29) is 0 Å². The molecule has 0 saturated heterocycles. The van der Waals surface area contributed by atoms with Crippen LogP contribution in [0.2, 0.25) is 0 Å². The smallest absolute Gasteiger partial charge is 0.106 e. The number of nitrogens with one attached hydrogen (secondary N) is 1. The number of hydrogen-bond donors (Lipinski definition) is 1. The fraction of sp³-hybridized carbons (Fsp3) is 0.700. The summed E-state index contributed by atoms with van der Waals surface area (Å²) < 4.78 is 0. The van der Waals surface area contributed by atoms with Gasteiger partial charge in [0.25, 0.3) is 0 Å². The Kier molecular flexibility index (Phi) is 3.33. The van der Waals surface area contributed by atoms with Crippen molar-refractivity contribution in [3.05, 3.63) is 16.6 Å². The lowest BCUT2D eigenvalue weighted by Crippen LogP contribution is -2.30. The molecule has 1 N–H and O–H groups in total. The van der Waals surface area contributed by atoms with Gasteiger partial charge in [0, 0.05) is 24.2 Å². The summed E-state index contributed by atoms with van der Waals surface area (Å²) in [5, 5.41) is 6.82. The lowest BCUT2D eigenvalue weighted by Gasteiger charge is -2.22. The molecule has 1 saturated carbocycles. The normalized spacial score (nSPS) is 19.1. The zero-order chi connectivity index (χ0) is 8.93. The average Bonchev–Trinajstić information content (AvgIpc) is 2.69. The molecule has 1 aliphatic carbocycles. The monoisotopic (exact) mass is 196 g/mol. The van der Waals surface area contributed by atoms with Crippen molar-refractivity contribution < 1.29 is 0 Å². The second-order valence-electron chi connectivity index (χ2n) is 3.64. The topological polar surface area (TPSA) is 24.9 Å². The highest BCUT2D eigenvalue weighted by Gasteiger charge is 2.12. The van der Waals surface area contributed by atoms with Crippen LogP contribution in [0.1, 0.15) is 37.1 Å². The van der Waals surface area contributed by atoms with E-state index in [1.807, 2.05) is 11.6 Å². The van der Waals surface area contributed by atoms with Crippen LogP contribution in [-0.4, -0.2) is 11.0 Å². The van der Waals surface area contributed by atoms with Crippen molar-refractivity contribution in [3.8, 4) is 0 Å². The van der Waals surface area contributed by atoms with Gasteiger partial charge in [-0.2, -0.15) is 0 Å². The van der Waals surface area contributed by atoms with Gasteiger partial charge in [0.1, 0.15) is 5.01 Å². The van der Waals surface area contributed by atoms with Gasteiger partial charge in [0.05, 0.1) is 0 Å². The van der Waals surface area contributed by atoms with E-state index in [4.69, 9.17) is 0 Å². The van der Waals surface area contributed by atoms with Crippen molar-refractivity contribution in [2.75, 3.05) is 0 Å². The number of aromatic nitrogens is 1. The highest BCUT2D eigenvalue weighted by molar-refractivity contribution is 7.09. The summed E-state index contributed by atoms with van der Waals surface area (Å²) in [6, 6.07) is 0.748. The van der Waals surface area contributed by atoms with E-state index in [1.54, 1.807) is 11.3 Å². The molecule has 1 fully saturated rings. The van der Waals surface area contributed by atoms with Gasteiger partial charge in [0.2, 0.25) is 0 Å². The van der Waals surface area contributed by atoms with E-state index in [2.05, 4.69) is 10.3 Å². The Hall–Kier alpha value is -0.410. The maximum absolute atomic E-state index is 4.26. The van der Waals surface area contributed by atoms with Crippen LogP contribution in [0.5, 0.6) is 0 Å². The molecule has 1 aliphatic rings. The Morgan fingerprint density at radius 3 is 2.92 bits per heavy atom. The number of thiazole rings is 1. The molecule has 0 amide bonds. The fourth-order valence-corrected chi connectivity index (χ4v) is 2.45. The first-order valence-electron chi connectivity index (χ1n) is 5.07. The van der Waals surface area contributed by atoms with Crippen molar-refractivity contribution in [2.24, 2.45) is 0 Å². The van der Waals surface area contributed by atoms with Crippen LogP contribution in [0, 0.1) is 0 Å². The number of hydrogen-bond acceptors (Lipinski definition) is 3. The average molecular weight is 196 g/mol. The van der Waals surface area contributed by atoms with Gasteiger partial charge < -0.3 is 5.32 Å². The van der Waals surface area contributed by atoms with E-state index in [0.29, 0.717) is 0 Å². The molecule has 2 rings (SSSR count). The standard InChI is InChI=1S/C10H16N2S/c1-2-4-9(5-3-1)12-8-10-11-6-7-13-10/h6-7,9,12H,1-5,8H2. The highest BCUT2D eigenvalue weighted by Crippen LogP contribution is 2.17. The summed E-state index contributed by atoms with van der Waals surface area (Å²) in [5.74, 6) is 0. The molecular formula is C10H16N2S. The molecule has 0 unspecified atom stereocenters. The van der Waals surface area contributed by atoms with Crippen molar-refractivity contribution >= 4 is 11.3 Å². The predicted molar refractivity (Wildman–Crippen MR) is 55.8 cm³/mol. The van der Waals surface area contributed by atoms with Crippen molar-refractivity contribution in [2.45, 2.75) is 44.7 Å². The summed E-state index contributed by atoms with van der Waals surface area (Å²) in [4.78, 5) is 4.26. The molecule has 1 heterocycles. The van der Waals surface area contributed by atoms with Gasteiger partial charge >= 0.3 is 0 Å². The quantitative estimate of drug-likeness (QED) is 0.803. The SMILES string of the molecule is c1csc(CNC2CCCCC2)n1. The highest BCUT2D eigenvalue weighted by atomic mass is 32.1. The van der Waals surface area contributed by atoms with E-state index < -0.39 is 0 Å². The van der Waals surface area contributed by atoms with E-state index in [9.17, 15) is 0 Å². The van der Waals surface area contributed by atoms with Crippen LogP contribution in [0.15, 0.2) is 11.6 Å². The molecule has 1 aromatic rings. The van der Waals surface area contributed by atoms with Crippen LogP contribution in [0.3, 0.4) is 0 Å². The Bertz CT molecular complexity index is 227. The Morgan fingerprint density at radius 2 is 2.23 bits per heavy atom. The lowest BCUT2D eigenvalue weighted by atomic mass is 9.96. The maximum Gasteiger partial charge on any atom is 0.106 e. The summed E-state index contributed by atoms with van der Waals surface area (Å²) in [5.41, 5.74) is 0. The summed E-state index contributed by atoms with van der Waals surface area (Å²) in [6.07, 6.45) is 8.81. The molecule has 0 atom stereocenters. The minimum atomic E-state index is 0.748. The molecule has 0 bridgehead atoms. The van der Waals surface area contributed by atoms with E-state index in [0.717, 1.165) is 12.6 Å². The van der Waals surface area contributed by atoms with Gasteiger partial charge in [-0.3, -0.25) is 0 Å². The molecule has 1 aromatic heterocycles. The Labute approximate surface area is 83.4 Å². The van der Waals surface area contributed by atoms with E-state index in [1.165, 1.54) is 37.1 Å². The van der Waals surface area contributed by atoms with Crippen molar-refractivity contribution in [1.82, 2.24) is 10.3 Å². The minimum Gasteiger partial charge on any atom is -0.308 e. The second kappa shape index (κ2) is 4.72. The van der Waals surface area contributed by atoms with Gasteiger partial charge in [0.15, 0.2) is 0 Å². The van der Waals surface area contributed by atoms with Crippen LogP contribution in [0.25, 0.3) is 0 Å². The van der Waals surface area contributed by atoms with Crippen LogP contribution >= 0.6 is 11.3 Å². The van der Waals surface area contributed by atoms with Crippen molar-refractivity contribution in [1.29, 1.82) is 0 Å². The first-order valence-corrected chi connectivity index (χ1v) is 5.95. The Morgan fingerprint density at radius 1 is 1.38 bits per heavy atom. The van der Waals surface area contributed by atoms with Crippen LogP contribution in [0.4, 0.5) is 0 Å². The molecule has 2 nitrogen and oxygen atoms in total. The van der Waals surface area contributed by atoms with Gasteiger partial charge in [-0.05, 0) is 12.8 Å². The summed E-state index contributed by atoms with van der Waals surface area (Å²) >= 11 is 1.74. The third-order valence-corrected chi connectivity index (χ3v) is 3.41. The Balaban J connectivity index is 1.72. The molecular weight excluding hydrogens is 180 g/mol. The van der Waals surface area contributed by atoms with Crippen molar-refractivity contribution in [3.63, 3.8) is 0 Å².